The molecular weight excluding hydrogens is 270 g/mol. The fourth-order valence-corrected chi connectivity index (χ4v) is 1.42. The lowest BCUT2D eigenvalue weighted by atomic mass is 10.4. The van der Waals surface area contributed by atoms with Crippen LogP contribution in [0.4, 0.5) is 4.79 Å². The van der Waals surface area contributed by atoms with Crippen molar-refractivity contribution in [2.24, 2.45) is 5.73 Å². The summed E-state index contributed by atoms with van der Waals surface area (Å²) in [4.78, 5) is 46.8. The van der Waals surface area contributed by atoms with Crippen molar-refractivity contribution in [3.63, 3.8) is 0 Å². The van der Waals surface area contributed by atoms with E-state index >= 15 is 0 Å². The molecule has 3 N–H and O–H groups in total. The summed E-state index contributed by atoms with van der Waals surface area (Å²) < 4.78 is 4.71. The molecule has 0 unspecified atom stereocenters. The van der Waals surface area contributed by atoms with E-state index in [0.717, 1.165) is 9.80 Å². The Bertz CT molecular complexity index is 368. The van der Waals surface area contributed by atoms with Crippen molar-refractivity contribution in [3.05, 3.63) is 0 Å². The van der Waals surface area contributed by atoms with Gasteiger partial charge in [0, 0.05) is 6.54 Å². The highest BCUT2D eigenvalue weighted by Gasteiger charge is 2.25. The molecule has 0 radical (unpaired) electrons. The van der Waals surface area contributed by atoms with Crippen molar-refractivity contribution in [2.45, 2.75) is 13.8 Å². The number of carboxylic acids is 1. The Balaban J connectivity index is 4.84. The summed E-state index contributed by atoms with van der Waals surface area (Å²) in [6.45, 7) is 2.03. The molecule has 0 saturated carbocycles. The highest BCUT2D eigenvalue weighted by molar-refractivity contribution is 5.87. The largest absolute Gasteiger partial charge is 0.480 e. The Morgan fingerprint density at radius 3 is 2.05 bits per heavy atom. The quantitative estimate of drug-likeness (QED) is 0.543. The van der Waals surface area contributed by atoms with Crippen LogP contribution in [-0.2, 0) is 19.1 Å². The second-order valence-electron chi connectivity index (χ2n) is 3.82. The number of esters is 1. The second kappa shape index (κ2) is 8.73. The first-order valence-electron chi connectivity index (χ1n) is 6.01. The molecule has 114 valence electrons. The zero-order valence-electron chi connectivity index (χ0n) is 11.5. The van der Waals surface area contributed by atoms with E-state index in [1.165, 1.54) is 0 Å². The first kappa shape index (κ1) is 17.7. The number of amides is 3. The van der Waals surface area contributed by atoms with E-state index in [1.807, 2.05) is 0 Å². The van der Waals surface area contributed by atoms with Gasteiger partial charge < -0.3 is 25.4 Å². The molecule has 0 spiro atoms. The van der Waals surface area contributed by atoms with Gasteiger partial charge in [-0.3, -0.25) is 14.4 Å². The Kier molecular flexibility index (Phi) is 7.71. The first-order valence-corrected chi connectivity index (χ1v) is 6.01. The summed E-state index contributed by atoms with van der Waals surface area (Å²) in [5.41, 5.74) is 4.96. The number of carboxylic acid groups (broad SMARTS) is 1. The Morgan fingerprint density at radius 1 is 1.05 bits per heavy atom. The number of carbonyl (C=O) groups is 4. The number of carbonyl (C=O) groups excluding carboxylic acids is 3. The van der Waals surface area contributed by atoms with Crippen molar-refractivity contribution in [1.82, 2.24) is 9.80 Å². The van der Waals surface area contributed by atoms with E-state index in [4.69, 9.17) is 15.6 Å². The van der Waals surface area contributed by atoms with E-state index in [-0.39, 0.29) is 19.7 Å². The lowest BCUT2D eigenvalue weighted by Gasteiger charge is -2.27. The van der Waals surface area contributed by atoms with Gasteiger partial charge in [-0.05, 0) is 13.8 Å². The van der Waals surface area contributed by atoms with Crippen LogP contribution in [0.25, 0.3) is 0 Å². The first-order chi connectivity index (χ1) is 9.31. The van der Waals surface area contributed by atoms with Crippen molar-refractivity contribution in [2.75, 3.05) is 32.8 Å². The average Bonchev–Trinajstić information content (AvgIpc) is 2.33. The summed E-state index contributed by atoms with van der Waals surface area (Å²) in [5.74, 6) is -2.74. The maximum atomic E-state index is 12.1. The molecule has 0 fully saturated rings. The van der Waals surface area contributed by atoms with E-state index in [0.29, 0.717) is 0 Å². The molecule has 0 aliphatic rings. The van der Waals surface area contributed by atoms with E-state index < -0.39 is 37.0 Å². The molecule has 0 aromatic carbocycles. The molecule has 20 heavy (non-hydrogen) atoms. The minimum Gasteiger partial charge on any atom is -0.480 e. The highest BCUT2D eigenvalue weighted by Crippen LogP contribution is 2.00. The maximum absolute atomic E-state index is 12.1. The van der Waals surface area contributed by atoms with Crippen LogP contribution in [0.3, 0.4) is 0 Å². The molecule has 9 heteroatoms. The van der Waals surface area contributed by atoms with Crippen LogP contribution in [0.5, 0.6) is 0 Å². The minimum absolute atomic E-state index is 0.159. The molecule has 9 nitrogen and oxygen atoms in total. The monoisotopic (exact) mass is 289 g/mol. The van der Waals surface area contributed by atoms with Gasteiger partial charge in [0.05, 0.1) is 6.61 Å². The molecule has 0 rings (SSSR count). The lowest BCUT2D eigenvalue weighted by molar-refractivity contribution is -0.143. The van der Waals surface area contributed by atoms with Crippen LogP contribution in [0.1, 0.15) is 13.8 Å². The van der Waals surface area contributed by atoms with Crippen molar-refractivity contribution in [1.29, 1.82) is 0 Å². The molecule has 0 aromatic rings. The summed E-state index contributed by atoms with van der Waals surface area (Å²) in [7, 11) is 0. The van der Waals surface area contributed by atoms with Gasteiger partial charge in [-0.2, -0.15) is 0 Å². The summed E-state index contributed by atoms with van der Waals surface area (Å²) in [6.07, 6.45) is 0. The Labute approximate surface area is 116 Å². The third-order valence-corrected chi connectivity index (χ3v) is 2.22. The van der Waals surface area contributed by atoms with Crippen molar-refractivity contribution >= 4 is 23.9 Å². The molecule has 0 aliphatic heterocycles. The number of nitrogens with two attached hydrogens (primary N) is 1. The predicted octanol–water partition coefficient (Wildman–Crippen LogP) is -1.14. The number of hydrogen-bond donors (Lipinski definition) is 2. The van der Waals surface area contributed by atoms with Gasteiger partial charge in [0.1, 0.15) is 19.6 Å². The van der Waals surface area contributed by atoms with Crippen molar-refractivity contribution < 1.29 is 29.0 Å². The van der Waals surface area contributed by atoms with Crippen LogP contribution < -0.4 is 5.73 Å². The number of hydrogen-bond acceptors (Lipinski definition) is 5. The molecule has 0 saturated heterocycles. The third-order valence-electron chi connectivity index (χ3n) is 2.22. The summed E-state index contributed by atoms with van der Waals surface area (Å²) in [5, 5.41) is 8.71. The number of likely N-dealkylation sites (N-methyl/N-ethyl adjacent to an activating group) is 1. The number of rotatable bonds is 8. The molecule has 0 aromatic heterocycles. The number of primary amides is 1. The zero-order chi connectivity index (χ0) is 15.7. The molecular formula is C11H19N3O6. The van der Waals surface area contributed by atoms with Gasteiger partial charge >= 0.3 is 18.0 Å². The predicted molar refractivity (Wildman–Crippen MR) is 67.7 cm³/mol. The zero-order valence-corrected chi connectivity index (χ0v) is 11.5. The number of ether oxygens (including phenoxy) is 1. The third kappa shape index (κ3) is 6.57. The van der Waals surface area contributed by atoms with Crippen LogP contribution in [0.2, 0.25) is 0 Å². The normalized spacial score (nSPS) is 9.70. The molecule has 3 amide bonds. The van der Waals surface area contributed by atoms with E-state index in [1.54, 1.807) is 13.8 Å². The second-order valence-corrected chi connectivity index (χ2v) is 3.82. The van der Waals surface area contributed by atoms with Crippen LogP contribution in [0.15, 0.2) is 0 Å². The van der Waals surface area contributed by atoms with E-state index in [9.17, 15) is 19.2 Å². The maximum Gasteiger partial charge on any atom is 0.325 e. The van der Waals surface area contributed by atoms with Gasteiger partial charge in [0.15, 0.2) is 0 Å². The molecule has 0 atom stereocenters. The fraction of sp³-hybridized carbons (Fsp3) is 0.636. The van der Waals surface area contributed by atoms with Gasteiger partial charge in [-0.1, -0.05) is 0 Å². The number of nitrogens with zero attached hydrogens (tertiary/aromatic N) is 2. The summed E-state index contributed by atoms with van der Waals surface area (Å²) >= 11 is 0. The van der Waals surface area contributed by atoms with Gasteiger partial charge in [0.25, 0.3) is 0 Å². The van der Waals surface area contributed by atoms with Crippen LogP contribution >= 0.6 is 0 Å². The molecule has 0 heterocycles. The molecule has 0 aliphatic carbocycles. The highest BCUT2D eigenvalue weighted by atomic mass is 16.5. The topological polar surface area (TPSA) is 130 Å². The van der Waals surface area contributed by atoms with Crippen molar-refractivity contribution in [3.8, 4) is 0 Å². The fourth-order valence-electron chi connectivity index (χ4n) is 1.42. The van der Waals surface area contributed by atoms with Crippen LogP contribution in [0, 0.1) is 0 Å². The number of aliphatic carboxylic acids is 1. The summed E-state index contributed by atoms with van der Waals surface area (Å²) in [6, 6.07) is -0.762. The standard InChI is InChI=1S/C11H19N3O6/c1-3-13(7-10(18)20-4-2)11(19)14(5-8(12)15)6-9(16)17/h3-7H2,1-2H3,(H2,12,15)(H,16,17). The van der Waals surface area contributed by atoms with E-state index in [2.05, 4.69) is 0 Å². The molecule has 0 bridgehead atoms. The van der Waals surface area contributed by atoms with Crippen LogP contribution in [-0.4, -0.2) is 71.6 Å². The lowest BCUT2D eigenvalue weighted by Crippen LogP contribution is -2.49. The Hall–Kier alpha value is -2.32. The average molecular weight is 289 g/mol. The smallest absolute Gasteiger partial charge is 0.325 e. The van der Waals surface area contributed by atoms with Gasteiger partial charge in [0.2, 0.25) is 5.91 Å². The number of urea groups is 1. The minimum atomic E-state index is -1.29. The Morgan fingerprint density at radius 2 is 1.65 bits per heavy atom. The van der Waals surface area contributed by atoms with Gasteiger partial charge in [-0.15, -0.1) is 0 Å². The SMILES string of the molecule is CCOC(=O)CN(CC)C(=O)N(CC(N)=O)CC(=O)O. The van der Waals surface area contributed by atoms with Gasteiger partial charge in [-0.25, -0.2) is 4.79 Å².